The molecule has 1 rings (SSSR count). The highest BCUT2D eigenvalue weighted by atomic mass is 31.2. The number of unbranched alkanes of at least 4 members (excludes halogenated alkanes) is 17. The quantitative estimate of drug-likeness (QED) is 0.0378. The number of phosphoric ester groups is 1. The zero-order valence-corrected chi connectivity index (χ0v) is 52.7. The Labute approximate surface area is 494 Å². The van der Waals surface area contributed by atoms with Gasteiger partial charge in [0.05, 0.1) is 52.3 Å². The summed E-state index contributed by atoms with van der Waals surface area (Å²) in [4.78, 5) is 113. The molecule has 3 unspecified atom stereocenters. The van der Waals surface area contributed by atoms with Gasteiger partial charge in [0.1, 0.15) is 28.9 Å². The predicted molar refractivity (Wildman–Crippen MR) is 321 cm³/mol. The summed E-state index contributed by atoms with van der Waals surface area (Å²) in [5, 5.41) is 5.86. The van der Waals surface area contributed by atoms with Gasteiger partial charge in [0.2, 0.25) is 17.7 Å². The summed E-state index contributed by atoms with van der Waals surface area (Å²) in [5.41, 5.74) is -0.958. The van der Waals surface area contributed by atoms with Gasteiger partial charge >= 0.3 is 7.82 Å². The number of nitrogens with zero attached hydrogens (tertiary/aromatic N) is 1. The molecular formula is C63H114N3O15P. The number of phosphoric acid groups is 1. The predicted octanol–water partition coefficient (Wildman–Crippen LogP) is 12.3. The number of amides is 3. The second kappa shape index (κ2) is 51.0. The maximum absolute atomic E-state index is 13.9. The number of ether oxygens (including phenoxy) is 3. The number of ketones is 5. The first kappa shape index (κ1) is 76.8. The lowest BCUT2D eigenvalue weighted by atomic mass is 9.83. The standard InChI is InChI=1S/C63H114N3O15P/c1-5-8-18-31-55(67)33-22-17-23-34-57(69)40-46-78-51-63(52-79-47-41-58(70)36-26-28-43-64-60(72)38-20-10-7-3,53-80-48-42-61(73)65-44-27-25-35-56(68)32-19-9-6-2)49-59(71)37-21-15-13-11-12-14-16-24-39-62(74)66-45-29-30-54(66)50-81-82(75,76)77-4/h54H,5-53H2,1-4H3,(H,64,72)(H,65,73)(H,75,76). The summed E-state index contributed by atoms with van der Waals surface area (Å²) in [5.74, 6) is 0.575. The minimum atomic E-state index is -4.10. The summed E-state index contributed by atoms with van der Waals surface area (Å²) >= 11 is 0. The third-order valence-corrected chi connectivity index (χ3v) is 16.2. The lowest BCUT2D eigenvalue weighted by Gasteiger charge is -2.33. The van der Waals surface area contributed by atoms with E-state index in [1.54, 1.807) is 4.90 Å². The van der Waals surface area contributed by atoms with Crippen LogP contribution in [-0.2, 0) is 66.2 Å². The average molecular weight is 1180 g/mol. The number of rotatable bonds is 60. The highest BCUT2D eigenvalue weighted by molar-refractivity contribution is 7.47. The zero-order valence-electron chi connectivity index (χ0n) is 51.8. The lowest BCUT2D eigenvalue weighted by Crippen LogP contribution is -2.40. The van der Waals surface area contributed by atoms with Crippen molar-refractivity contribution in [2.45, 2.75) is 277 Å². The SMILES string of the molecule is CCCCCC(=O)CCCCCC(=O)CCOCC(COCCC(=O)CCCCNC(=O)CCCCC)(COCCC(=O)NCCCCC(=O)CCCCC)CC(=O)CCCCCCCCCCC(=O)N1CCCC1COP(=O)(O)OC. The minimum Gasteiger partial charge on any atom is -0.380 e. The molecule has 1 saturated heterocycles. The van der Waals surface area contributed by atoms with Crippen molar-refractivity contribution in [3.8, 4) is 0 Å². The Kier molecular flexibility index (Phi) is 47.8. The zero-order chi connectivity index (χ0) is 60.4. The molecule has 1 aliphatic heterocycles. The van der Waals surface area contributed by atoms with Crippen molar-refractivity contribution in [1.29, 1.82) is 0 Å². The number of Topliss-reactive ketones (excluding diaryl/α,β-unsaturated/α-hetero) is 5. The molecule has 1 fully saturated rings. The Bertz CT molecular complexity index is 1670. The number of hydrogen-bond donors (Lipinski definition) is 3. The first-order chi connectivity index (χ1) is 39.6. The van der Waals surface area contributed by atoms with Crippen molar-refractivity contribution in [1.82, 2.24) is 15.5 Å². The van der Waals surface area contributed by atoms with Gasteiger partial charge in [-0.05, 0) is 83.5 Å². The van der Waals surface area contributed by atoms with Crippen LogP contribution in [0.1, 0.15) is 271 Å². The molecule has 1 heterocycles. The van der Waals surface area contributed by atoms with Crippen molar-refractivity contribution >= 4 is 54.5 Å². The molecule has 1 aliphatic rings. The molecule has 19 heteroatoms. The normalized spacial score (nSPS) is 14.8. The Hall–Kier alpha value is -3.25. The van der Waals surface area contributed by atoms with Crippen LogP contribution in [0.5, 0.6) is 0 Å². The van der Waals surface area contributed by atoms with Crippen LogP contribution in [0.15, 0.2) is 0 Å². The van der Waals surface area contributed by atoms with Crippen LogP contribution < -0.4 is 10.6 Å². The van der Waals surface area contributed by atoms with Crippen LogP contribution >= 0.6 is 7.82 Å². The molecule has 3 atom stereocenters. The maximum Gasteiger partial charge on any atom is 0.471 e. The van der Waals surface area contributed by atoms with E-state index >= 15 is 0 Å². The van der Waals surface area contributed by atoms with E-state index in [1.807, 2.05) is 0 Å². The van der Waals surface area contributed by atoms with Crippen molar-refractivity contribution in [2.75, 3.05) is 73.0 Å². The van der Waals surface area contributed by atoms with Gasteiger partial charge in [0.15, 0.2) is 0 Å². The van der Waals surface area contributed by atoms with E-state index in [0.29, 0.717) is 110 Å². The highest BCUT2D eigenvalue weighted by Crippen LogP contribution is 2.42. The Morgan fingerprint density at radius 3 is 1.30 bits per heavy atom. The van der Waals surface area contributed by atoms with E-state index in [0.717, 1.165) is 142 Å². The number of likely N-dealkylation sites (tertiary alicyclic amines) is 1. The smallest absolute Gasteiger partial charge is 0.380 e. The Morgan fingerprint density at radius 1 is 0.476 bits per heavy atom. The van der Waals surface area contributed by atoms with Crippen LogP contribution in [-0.4, -0.2) is 135 Å². The first-order valence-electron chi connectivity index (χ1n) is 32.3. The summed E-state index contributed by atoms with van der Waals surface area (Å²) in [6.45, 7) is 8.44. The van der Waals surface area contributed by atoms with Crippen LogP contribution in [0, 0.1) is 5.41 Å². The van der Waals surface area contributed by atoms with E-state index in [4.69, 9.17) is 18.7 Å². The molecule has 3 amide bonds. The van der Waals surface area contributed by atoms with Crippen molar-refractivity contribution < 1.29 is 71.1 Å². The second-order valence-corrected chi connectivity index (χ2v) is 24.5. The topological polar surface area (TPSA) is 247 Å². The van der Waals surface area contributed by atoms with Gasteiger partial charge in [-0.1, -0.05) is 104 Å². The van der Waals surface area contributed by atoms with Crippen molar-refractivity contribution in [3.63, 3.8) is 0 Å². The largest absolute Gasteiger partial charge is 0.471 e. The molecule has 0 radical (unpaired) electrons. The molecule has 0 saturated carbocycles. The molecule has 0 aliphatic carbocycles. The Balaban J connectivity index is 2.88. The summed E-state index contributed by atoms with van der Waals surface area (Å²) < 4.78 is 39.9. The molecule has 476 valence electrons. The average Bonchev–Trinajstić information content (AvgIpc) is 3.99. The molecule has 0 aromatic carbocycles. The van der Waals surface area contributed by atoms with Gasteiger partial charge in [-0.2, -0.15) is 0 Å². The van der Waals surface area contributed by atoms with Crippen LogP contribution in [0.25, 0.3) is 0 Å². The van der Waals surface area contributed by atoms with Crippen molar-refractivity contribution in [2.24, 2.45) is 5.41 Å². The number of nitrogens with one attached hydrogen (secondary N) is 2. The molecule has 0 spiro atoms. The monoisotopic (exact) mass is 1180 g/mol. The van der Waals surface area contributed by atoms with Crippen LogP contribution in [0.2, 0.25) is 0 Å². The van der Waals surface area contributed by atoms with Gasteiger partial charge in [-0.25, -0.2) is 4.57 Å². The summed E-state index contributed by atoms with van der Waals surface area (Å²) in [6.07, 6.45) is 27.8. The van der Waals surface area contributed by atoms with Gasteiger partial charge < -0.3 is 34.6 Å². The van der Waals surface area contributed by atoms with Crippen molar-refractivity contribution in [3.05, 3.63) is 0 Å². The third kappa shape index (κ3) is 43.4. The van der Waals surface area contributed by atoms with E-state index in [1.165, 1.54) is 0 Å². The first-order valence-corrected chi connectivity index (χ1v) is 33.8. The second-order valence-electron chi connectivity index (χ2n) is 23.0. The highest BCUT2D eigenvalue weighted by Gasteiger charge is 2.35. The fourth-order valence-corrected chi connectivity index (χ4v) is 10.6. The molecular weight excluding hydrogens is 1070 g/mol. The van der Waals surface area contributed by atoms with Gasteiger partial charge in [-0.3, -0.25) is 47.4 Å². The molecule has 3 N–H and O–H groups in total. The van der Waals surface area contributed by atoms with Gasteiger partial charge in [0.25, 0.3) is 0 Å². The van der Waals surface area contributed by atoms with Gasteiger partial charge in [-0.15, -0.1) is 0 Å². The number of carbonyl (C=O) groups is 8. The van der Waals surface area contributed by atoms with E-state index in [9.17, 15) is 47.8 Å². The fourth-order valence-electron chi connectivity index (χ4n) is 10.1. The number of hydrogen-bond acceptors (Lipinski definition) is 14. The molecule has 82 heavy (non-hydrogen) atoms. The lowest BCUT2D eigenvalue weighted by molar-refractivity contribution is -0.133. The van der Waals surface area contributed by atoms with E-state index in [-0.39, 0.29) is 125 Å². The van der Waals surface area contributed by atoms with E-state index in [2.05, 4.69) is 35.9 Å². The number of carbonyl (C=O) groups excluding carboxylic acids is 8. The molecule has 0 aromatic rings. The maximum atomic E-state index is 13.9. The minimum absolute atomic E-state index is 0.0198. The molecule has 18 nitrogen and oxygen atoms in total. The van der Waals surface area contributed by atoms with E-state index < -0.39 is 13.2 Å². The summed E-state index contributed by atoms with van der Waals surface area (Å²) in [7, 11) is -2.99. The molecule has 0 bridgehead atoms. The fraction of sp³-hybridized carbons (Fsp3) is 0.873. The molecule has 0 aromatic heterocycles. The third-order valence-electron chi connectivity index (χ3n) is 15.2. The summed E-state index contributed by atoms with van der Waals surface area (Å²) in [6, 6.07) is -0.231. The van der Waals surface area contributed by atoms with Crippen LogP contribution in [0.3, 0.4) is 0 Å². The van der Waals surface area contributed by atoms with Crippen LogP contribution in [0.4, 0.5) is 0 Å². The van der Waals surface area contributed by atoms with Gasteiger partial charge in [0, 0.05) is 116 Å². The Morgan fingerprint density at radius 2 is 0.841 bits per heavy atom.